The number of anilines is 2. The average Bonchev–Trinajstić information content (AvgIpc) is 2.28. The molecule has 0 amide bonds. The van der Waals surface area contributed by atoms with Gasteiger partial charge in [0.25, 0.3) is 10.0 Å². The summed E-state index contributed by atoms with van der Waals surface area (Å²) < 4.78 is 24.7. The topological polar surface area (TPSA) is 87.2 Å². The van der Waals surface area contributed by atoms with Crippen LogP contribution in [0.4, 0.5) is 11.4 Å². The van der Waals surface area contributed by atoms with Crippen LogP contribution in [0.5, 0.6) is 0 Å². The minimum absolute atomic E-state index is 0.483. The molecule has 0 saturated heterocycles. The molecular formula is C10H13N3O2S. The molecule has 1 rings (SSSR count). The lowest BCUT2D eigenvalue weighted by Gasteiger charge is -2.20. The third kappa shape index (κ3) is 2.25. The van der Waals surface area contributed by atoms with Crippen molar-refractivity contribution in [3.05, 3.63) is 24.3 Å². The molecule has 1 atom stereocenters. The first-order chi connectivity index (χ1) is 7.39. The number of benzene rings is 1. The van der Waals surface area contributed by atoms with Crippen molar-refractivity contribution in [2.45, 2.75) is 12.2 Å². The summed E-state index contributed by atoms with van der Waals surface area (Å²) >= 11 is 0. The lowest BCUT2D eigenvalue weighted by Crippen LogP contribution is -2.33. The van der Waals surface area contributed by atoms with Crippen LogP contribution >= 0.6 is 0 Å². The first kappa shape index (κ1) is 12.3. The SMILES string of the molecule is CC(C#N)S(=O)(=O)N(C)c1ccc(N)cc1. The summed E-state index contributed by atoms with van der Waals surface area (Å²) in [5.41, 5.74) is 6.54. The number of nitrogen functional groups attached to an aromatic ring is 1. The van der Waals surface area contributed by atoms with Crippen molar-refractivity contribution in [2.24, 2.45) is 0 Å². The van der Waals surface area contributed by atoms with Crippen molar-refractivity contribution in [3.63, 3.8) is 0 Å². The van der Waals surface area contributed by atoms with E-state index >= 15 is 0 Å². The standard InChI is InChI=1S/C10H13N3O2S/c1-8(7-11)16(14,15)13(2)10-5-3-9(12)4-6-10/h3-6,8H,12H2,1-2H3. The highest BCUT2D eigenvalue weighted by Gasteiger charge is 2.25. The van der Waals surface area contributed by atoms with E-state index in [-0.39, 0.29) is 0 Å². The predicted molar refractivity (Wildman–Crippen MR) is 63.3 cm³/mol. The second-order valence-corrected chi connectivity index (χ2v) is 5.66. The van der Waals surface area contributed by atoms with E-state index in [2.05, 4.69) is 0 Å². The molecule has 6 heteroatoms. The van der Waals surface area contributed by atoms with E-state index in [1.807, 2.05) is 0 Å². The molecule has 0 saturated carbocycles. The zero-order valence-electron chi connectivity index (χ0n) is 9.08. The predicted octanol–water partition coefficient (Wildman–Crippen LogP) is 0.947. The molecule has 86 valence electrons. The smallest absolute Gasteiger partial charge is 0.251 e. The van der Waals surface area contributed by atoms with E-state index in [4.69, 9.17) is 11.0 Å². The van der Waals surface area contributed by atoms with Crippen LogP contribution < -0.4 is 10.0 Å². The maximum Gasteiger partial charge on any atom is 0.251 e. The summed E-state index contributed by atoms with van der Waals surface area (Å²) in [6, 6.07) is 8.12. The van der Waals surface area contributed by atoms with Gasteiger partial charge < -0.3 is 5.73 Å². The molecule has 1 unspecified atom stereocenters. The second-order valence-electron chi connectivity index (χ2n) is 3.38. The number of nitrogens with zero attached hydrogens (tertiary/aromatic N) is 2. The van der Waals surface area contributed by atoms with Gasteiger partial charge in [0.05, 0.1) is 11.8 Å². The van der Waals surface area contributed by atoms with Crippen molar-refractivity contribution in [3.8, 4) is 6.07 Å². The van der Waals surface area contributed by atoms with Crippen LogP contribution in [0.3, 0.4) is 0 Å². The lowest BCUT2D eigenvalue weighted by atomic mass is 10.3. The van der Waals surface area contributed by atoms with Gasteiger partial charge in [0.15, 0.2) is 5.25 Å². The Kier molecular flexibility index (Phi) is 3.40. The van der Waals surface area contributed by atoms with Gasteiger partial charge in [0.2, 0.25) is 0 Å². The Balaban J connectivity index is 3.08. The van der Waals surface area contributed by atoms with Gasteiger partial charge in [-0.25, -0.2) is 8.42 Å². The molecule has 1 aromatic carbocycles. The fourth-order valence-corrected chi connectivity index (χ4v) is 2.16. The number of rotatable bonds is 3. The first-order valence-corrected chi connectivity index (χ1v) is 6.13. The van der Waals surface area contributed by atoms with Crippen molar-refractivity contribution in [1.82, 2.24) is 0 Å². The van der Waals surface area contributed by atoms with Gasteiger partial charge in [-0.1, -0.05) is 0 Å². The minimum Gasteiger partial charge on any atom is -0.399 e. The minimum atomic E-state index is -3.62. The highest BCUT2D eigenvalue weighted by molar-refractivity contribution is 7.93. The van der Waals surface area contributed by atoms with Crippen LogP contribution in [0.25, 0.3) is 0 Å². The van der Waals surface area contributed by atoms with E-state index in [0.29, 0.717) is 11.4 Å². The molecule has 0 bridgehead atoms. The summed E-state index contributed by atoms with van der Waals surface area (Å²) in [5.74, 6) is 0. The number of nitriles is 1. The molecule has 16 heavy (non-hydrogen) atoms. The average molecular weight is 239 g/mol. The second kappa shape index (κ2) is 4.41. The van der Waals surface area contributed by atoms with Crippen LogP contribution in [0.15, 0.2) is 24.3 Å². The Morgan fingerprint density at radius 1 is 1.38 bits per heavy atom. The Bertz CT molecular complexity index is 502. The third-order valence-electron chi connectivity index (χ3n) is 2.27. The summed E-state index contributed by atoms with van der Waals surface area (Å²) in [6.07, 6.45) is 0. The highest BCUT2D eigenvalue weighted by Crippen LogP contribution is 2.19. The molecule has 0 radical (unpaired) electrons. The third-order valence-corrected chi connectivity index (χ3v) is 4.24. The van der Waals surface area contributed by atoms with Gasteiger partial charge in [0, 0.05) is 12.7 Å². The molecule has 0 heterocycles. The van der Waals surface area contributed by atoms with Crippen LogP contribution in [0, 0.1) is 11.3 Å². The van der Waals surface area contributed by atoms with Crippen molar-refractivity contribution in [2.75, 3.05) is 17.1 Å². The monoisotopic (exact) mass is 239 g/mol. The number of hydrogen-bond donors (Lipinski definition) is 1. The van der Waals surface area contributed by atoms with Gasteiger partial charge in [-0.05, 0) is 31.2 Å². The Morgan fingerprint density at radius 2 is 1.88 bits per heavy atom. The molecular weight excluding hydrogens is 226 g/mol. The van der Waals surface area contributed by atoms with Crippen molar-refractivity contribution in [1.29, 1.82) is 5.26 Å². The zero-order valence-corrected chi connectivity index (χ0v) is 9.90. The van der Waals surface area contributed by atoms with E-state index in [1.165, 1.54) is 14.0 Å². The molecule has 2 N–H and O–H groups in total. The van der Waals surface area contributed by atoms with Crippen molar-refractivity contribution >= 4 is 21.4 Å². The van der Waals surface area contributed by atoms with E-state index in [9.17, 15) is 8.42 Å². The quantitative estimate of drug-likeness (QED) is 0.795. The van der Waals surface area contributed by atoms with Crippen LogP contribution in [-0.2, 0) is 10.0 Å². The molecule has 5 nitrogen and oxygen atoms in total. The number of hydrogen-bond acceptors (Lipinski definition) is 4. The van der Waals surface area contributed by atoms with Gasteiger partial charge >= 0.3 is 0 Å². The zero-order chi connectivity index (χ0) is 12.3. The molecule has 0 aromatic heterocycles. The first-order valence-electron chi connectivity index (χ1n) is 4.62. The Morgan fingerprint density at radius 3 is 2.31 bits per heavy atom. The van der Waals surface area contributed by atoms with Crippen LogP contribution in [0.2, 0.25) is 0 Å². The van der Waals surface area contributed by atoms with Crippen LogP contribution in [-0.4, -0.2) is 20.7 Å². The number of sulfonamides is 1. The maximum absolute atomic E-state index is 11.8. The van der Waals surface area contributed by atoms with Gasteiger partial charge in [-0.3, -0.25) is 4.31 Å². The summed E-state index contributed by atoms with van der Waals surface area (Å²) in [4.78, 5) is 0. The normalized spacial score (nSPS) is 12.8. The maximum atomic E-state index is 11.8. The molecule has 0 fully saturated rings. The number of nitrogens with two attached hydrogens (primary N) is 1. The largest absolute Gasteiger partial charge is 0.399 e. The summed E-state index contributed by atoms with van der Waals surface area (Å²) in [7, 11) is -2.21. The van der Waals surface area contributed by atoms with Gasteiger partial charge in [0.1, 0.15) is 0 Å². The van der Waals surface area contributed by atoms with Gasteiger partial charge in [-0.2, -0.15) is 5.26 Å². The molecule has 0 aliphatic rings. The molecule has 1 aromatic rings. The Hall–Kier alpha value is -1.74. The fourth-order valence-electron chi connectivity index (χ4n) is 1.13. The van der Waals surface area contributed by atoms with Crippen molar-refractivity contribution < 1.29 is 8.42 Å². The highest BCUT2D eigenvalue weighted by atomic mass is 32.2. The molecule has 0 aliphatic heterocycles. The molecule has 0 spiro atoms. The van der Waals surface area contributed by atoms with E-state index in [0.717, 1.165) is 4.31 Å². The van der Waals surface area contributed by atoms with Gasteiger partial charge in [-0.15, -0.1) is 0 Å². The summed E-state index contributed by atoms with van der Waals surface area (Å²) in [5, 5.41) is 7.56. The molecule has 0 aliphatic carbocycles. The van der Waals surface area contributed by atoms with E-state index in [1.54, 1.807) is 30.3 Å². The summed E-state index contributed by atoms with van der Waals surface area (Å²) in [6.45, 7) is 1.35. The lowest BCUT2D eigenvalue weighted by molar-refractivity contribution is 0.590. The Labute approximate surface area is 95.1 Å². The van der Waals surface area contributed by atoms with Crippen LogP contribution in [0.1, 0.15) is 6.92 Å². The van der Waals surface area contributed by atoms with E-state index < -0.39 is 15.3 Å². The fraction of sp³-hybridized carbons (Fsp3) is 0.300.